The van der Waals surface area contributed by atoms with Gasteiger partial charge in [0.1, 0.15) is 0 Å². The maximum atomic E-state index is 9.23. The van der Waals surface area contributed by atoms with E-state index in [0.717, 1.165) is 12.5 Å². The molecule has 0 saturated carbocycles. The number of aliphatic hydroxyl groups excluding tert-OH is 1. The molecule has 1 heterocycles. The van der Waals surface area contributed by atoms with Gasteiger partial charge in [-0.1, -0.05) is 0 Å². The summed E-state index contributed by atoms with van der Waals surface area (Å²) in [7, 11) is 2.17. The van der Waals surface area contributed by atoms with Gasteiger partial charge >= 0.3 is 0 Å². The highest BCUT2D eigenvalue weighted by atomic mass is 16.3. The van der Waals surface area contributed by atoms with Crippen LogP contribution in [0.2, 0.25) is 0 Å². The summed E-state index contributed by atoms with van der Waals surface area (Å²) in [6.07, 6.45) is 2.14. The molecule has 0 aromatic heterocycles. The Balaban J connectivity index is 2.02. The first-order valence-corrected chi connectivity index (χ1v) is 5.49. The van der Waals surface area contributed by atoms with E-state index in [4.69, 9.17) is 5.73 Å². The van der Waals surface area contributed by atoms with Gasteiger partial charge in [-0.25, -0.2) is 0 Å². The molecule has 1 aliphatic heterocycles. The highest BCUT2D eigenvalue weighted by molar-refractivity contribution is 4.72. The molecule has 0 aromatic rings. The first-order valence-electron chi connectivity index (χ1n) is 5.49. The average Bonchev–Trinajstić information content (AvgIpc) is 2.21. The van der Waals surface area contributed by atoms with Crippen LogP contribution in [-0.4, -0.2) is 55.9 Å². The minimum Gasteiger partial charge on any atom is -0.390 e. The zero-order chi connectivity index (χ0) is 10.4. The van der Waals surface area contributed by atoms with Crippen LogP contribution in [0.15, 0.2) is 0 Å². The molecule has 0 aromatic carbocycles. The van der Waals surface area contributed by atoms with Crippen LogP contribution in [-0.2, 0) is 0 Å². The van der Waals surface area contributed by atoms with Crippen molar-refractivity contribution in [3.05, 3.63) is 0 Å². The van der Waals surface area contributed by atoms with Gasteiger partial charge in [0.15, 0.2) is 0 Å². The van der Waals surface area contributed by atoms with Crippen LogP contribution in [0.4, 0.5) is 0 Å². The van der Waals surface area contributed by atoms with Crippen LogP contribution in [0, 0.1) is 5.92 Å². The monoisotopic (exact) mass is 201 g/mol. The summed E-state index contributed by atoms with van der Waals surface area (Å²) in [5.74, 6) is 0.774. The minimum atomic E-state index is -0.388. The fraction of sp³-hybridized carbons (Fsp3) is 1.00. The number of likely N-dealkylation sites (tertiary alicyclic amines) is 1. The molecule has 4 nitrogen and oxygen atoms in total. The second kappa shape index (κ2) is 6.35. The molecule has 1 rings (SSSR count). The molecule has 0 aliphatic carbocycles. The summed E-state index contributed by atoms with van der Waals surface area (Å²) in [5.41, 5.74) is 5.31. The lowest BCUT2D eigenvalue weighted by Crippen LogP contribution is -2.38. The lowest BCUT2D eigenvalue weighted by molar-refractivity contribution is 0.170. The van der Waals surface area contributed by atoms with Crippen molar-refractivity contribution in [1.29, 1.82) is 0 Å². The summed E-state index contributed by atoms with van der Waals surface area (Å²) in [6.45, 7) is 4.39. The maximum Gasteiger partial charge on any atom is 0.0786 e. The van der Waals surface area contributed by atoms with Gasteiger partial charge in [0.25, 0.3) is 0 Å². The third-order valence-electron chi connectivity index (χ3n) is 2.92. The van der Waals surface area contributed by atoms with Crippen molar-refractivity contribution in [1.82, 2.24) is 10.2 Å². The Bertz CT molecular complexity index is 146. The molecule has 1 fully saturated rings. The number of hydrogen-bond acceptors (Lipinski definition) is 4. The number of piperidine rings is 1. The van der Waals surface area contributed by atoms with Crippen molar-refractivity contribution >= 4 is 0 Å². The van der Waals surface area contributed by atoms with E-state index in [1.165, 1.54) is 25.9 Å². The van der Waals surface area contributed by atoms with Crippen LogP contribution in [0.1, 0.15) is 12.8 Å². The zero-order valence-electron chi connectivity index (χ0n) is 9.08. The van der Waals surface area contributed by atoms with Gasteiger partial charge in [0, 0.05) is 13.1 Å². The van der Waals surface area contributed by atoms with Crippen molar-refractivity contribution < 1.29 is 5.11 Å². The normalized spacial score (nSPS) is 22.5. The van der Waals surface area contributed by atoms with Crippen molar-refractivity contribution in [3.63, 3.8) is 0 Å². The number of nitrogens with two attached hydrogens (primary N) is 1. The fourth-order valence-electron chi connectivity index (χ4n) is 1.80. The van der Waals surface area contributed by atoms with Crippen LogP contribution in [0.3, 0.4) is 0 Å². The maximum absolute atomic E-state index is 9.23. The molecule has 4 N–H and O–H groups in total. The molecule has 1 saturated heterocycles. The Kier molecular flexibility index (Phi) is 5.40. The van der Waals surface area contributed by atoms with E-state index < -0.39 is 0 Å². The van der Waals surface area contributed by atoms with Gasteiger partial charge in [-0.15, -0.1) is 0 Å². The van der Waals surface area contributed by atoms with Crippen molar-refractivity contribution in [2.24, 2.45) is 11.7 Å². The molecule has 0 amide bonds. The lowest BCUT2D eigenvalue weighted by Gasteiger charge is -2.29. The van der Waals surface area contributed by atoms with E-state index in [1.54, 1.807) is 0 Å². The SMILES string of the molecule is CN1CCC(CNCC(O)CN)CC1. The van der Waals surface area contributed by atoms with Gasteiger partial charge in [0.2, 0.25) is 0 Å². The minimum absolute atomic E-state index is 0.348. The third-order valence-corrected chi connectivity index (χ3v) is 2.92. The quantitative estimate of drug-likeness (QED) is 0.547. The number of nitrogens with zero attached hydrogens (tertiary/aromatic N) is 1. The van der Waals surface area contributed by atoms with E-state index in [1.807, 2.05) is 0 Å². The standard InChI is InChI=1S/C10H23N3O/c1-13-4-2-9(3-5-13)7-12-8-10(14)6-11/h9-10,12,14H,2-8,11H2,1H3. The molecule has 1 aliphatic rings. The highest BCUT2D eigenvalue weighted by Gasteiger charge is 2.16. The first-order chi connectivity index (χ1) is 6.72. The fourth-order valence-corrected chi connectivity index (χ4v) is 1.80. The largest absolute Gasteiger partial charge is 0.390 e. The highest BCUT2D eigenvalue weighted by Crippen LogP contribution is 2.14. The van der Waals surface area contributed by atoms with E-state index in [-0.39, 0.29) is 6.10 Å². The van der Waals surface area contributed by atoms with Crippen LogP contribution in [0.25, 0.3) is 0 Å². The average molecular weight is 201 g/mol. The Morgan fingerprint density at radius 2 is 2.14 bits per heavy atom. The van der Waals surface area contributed by atoms with Gasteiger partial charge in [-0.3, -0.25) is 0 Å². The molecule has 0 spiro atoms. The summed E-state index contributed by atoms with van der Waals surface area (Å²) in [5, 5.41) is 12.5. The topological polar surface area (TPSA) is 61.5 Å². The second-order valence-electron chi connectivity index (χ2n) is 4.29. The number of rotatable bonds is 5. The molecule has 14 heavy (non-hydrogen) atoms. The number of nitrogens with one attached hydrogen (secondary N) is 1. The molecule has 4 heteroatoms. The molecule has 1 atom stereocenters. The Morgan fingerprint density at radius 3 is 2.71 bits per heavy atom. The summed E-state index contributed by atoms with van der Waals surface area (Å²) >= 11 is 0. The van der Waals surface area contributed by atoms with Crippen LogP contribution >= 0.6 is 0 Å². The Hall–Kier alpha value is -0.160. The molecule has 0 bridgehead atoms. The smallest absolute Gasteiger partial charge is 0.0786 e. The summed E-state index contributed by atoms with van der Waals surface area (Å²) in [4.78, 5) is 2.37. The van der Waals surface area contributed by atoms with E-state index in [0.29, 0.717) is 13.1 Å². The molecular formula is C10H23N3O. The third kappa shape index (κ3) is 4.37. The van der Waals surface area contributed by atoms with Crippen molar-refractivity contribution in [2.45, 2.75) is 18.9 Å². The lowest BCUT2D eigenvalue weighted by atomic mass is 9.97. The molecule has 1 unspecified atom stereocenters. The van der Waals surface area contributed by atoms with E-state index in [2.05, 4.69) is 17.3 Å². The Morgan fingerprint density at radius 1 is 1.50 bits per heavy atom. The van der Waals surface area contributed by atoms with Crippen molar-refractivity contribution in [2.75, 3.05) is 39.8 Å². The summed E-state index contributed by atoms with van der Waals surface area (Å²) in [6, 6.07) is 0. The van der Waals surface area contributed by atoms with Gasteiger partial charge in [-0.2, -0.15) is 0 Å². The number of aliphatic hydroxyl groups is 1. The number of hydrogen-bond donors (Lipinski definition) is 3. The van der Waals surface area contributed by atoms with Gasteiger partial charge < -0.3 is 21.1 Å². The van der Waals surface area contributed by atoms with Crippen LogP contribution < -0.4 is 11.1 Å². The summed E-state index contributed by atoms with van der Waals surface area (Å²) < 4.78 is 0. The molecule has 0 radical (unpaired) electrons. The Labute approximate surface area is 86.5 Å². The zero-order valence-corrected chi connectivity index (χ0v) is 9.08. The molecular weight excluding hydrogens is 178 g/mol. The van der Waals surface area contributed by atoms with Gasteiger partial charge in [-0.05, 0) is 45.4 Å². The van der Waals surface area contributed by atoms with Crippen molar-refractivity contribution in [3.8, 4) is 0 Å². The second-order valence-corrected chi connectivity index (χ2v) is 4.29. The predicted octanol–water partition coefficient (Wildman–Crippen LogP) is -0.763. The van der Waals surface area contributed by atoms with E-state index in [9.17, 15) is 5.11 Å². The first kappa shape index (κ1) is 11.9. The predicted molar refractivity (Wildman–Crippen MR) is 58.2 cm³/mol. The van der Waals surface area contributed by atoms with Gasteiger partial charge in [0.05, 0.1) is 6.10 Å². The molecule has 84 valence electrons. The van der Waals surface area contributed by atoms with Crippen LogP contribution in [0.5, 0.6) is 0 Å². The van der Waals surface area contributed by atoms with E-state index >= 15 is 0 Å².